The number of rotatable bonds is 5. The van der Waals surface area contributed by atoms with Crippen LogP contribution in [0, 0.1) is 11.8 Å². The van der Waals surface area contributed by atoms with Gasteiger partial charge in [0.1, 0.15) is 22.8 Å². The van der Waals surface area contributed by atoms with Crippen LogP contribution in [0.15, 0.2) is 23.0 Å². The molecule has 1 saturated heterocycles. The summed E-state index contributed by atoms with van der Waals surface area (Å²) in [5.74, 6) is -6.42. The molecule has 0 spiro atoms. The molecule has 2 fully saturated rings. The Bertz CT molecular complexity index is 1400. The molecule has 222 valence electrons. The highest BCUT2D eigenvalue weighted by molar-refractivity contribution is 6.24. The summed E-state index contributed by atoms with van der Waals surface area (Å²) in [5.41, 5.74) is 3.97. The third kappa shape index (κ3) is 4.08. The molecule has 6 atom stereocenters. The monoisotopic (exact) mass is 568 g/mol. The highest BCUT2D eigenvalue weighted by atomic mass is 16.3. The molecule has 1 aromatic rings. The number of aromatic hydroxyl groups is 1. The molecule has 3 unspecified atom stereocenters. The quantitative estimate of drug-likeness (QED) is 0.328. The summed E-state index contributed by atoms with van der Waals surface area (Å²) in [5, 5.41) is 46.1. The second-order valence-corrected chi connectivity index (χ2v) is 12.6. The molecule has 4 aliphatic rings. The Kier molecular flexibility index (Phi) is 6.99. The van der Waals surface area contributed by atoms with E-state index in [-0.39, 0.29) is 29.7 Å². The first-order chi connectivity index (χ1) is 19.1. The van der Waals surface area contributed by atoms with Gasteiger partial charge in [0.15, 0.2) is 11.4 Å². The molecule has 1 aliphatic heterocycles. The van der Waals surface area contributed by atoms with E-state index < -0.39 is 58.0 Å². The lowest BCUT2D eigenvalue weighted by atomic mass is 9.57. The van der Waals surface area contributed by atoms with Crippen molar-refractivity contribution >= 4 is 28.9 Å². The van der Waals surface area contributed by atoms with Gasteiger partial charge < -0.3 is 31.1 Å². The highest BCUT2D eigenvalue weighted by Gasteiger charge is 2.64. The predicted octanol–water partition coefficient (Wildman–Crippen LogP) is 1.40. The van der Waals surface area contributed by atoms with Gasteiger partial charge >= 0.3 is 0 Å². The minimum Gasteiger partial charge on any atom is -0.508 e. The SMILES string of the molecule is CC1CCC(C)N1Cc1cc(N(C)C)c2c(c1O)C(O)=C1C(=O)[C@]3(O)C(O)=C(C(N)=O)C(=O)C(N(C)C)[C@@H]3C[C@@H]1C2. The van der Waals surface area contributed by atoms with Gasteiger partial charge in [0.05, 0.1) is 11.6 Å². The number of aliphatic hydroxyl groups is 3. The van der Waals surface area contributed by atoms with Gasteiger partial charge in [0.25, 0.3) is 5.91 Å². The van der Waals surface area contributed by atoms with Gasteiger partial charge in [0.2, 0.25) is 5.78 Å². The van der Waals surface area contributed by atoms with Crippen LogP contribution in [0.2, 0.25) is 0 Å². The molecule has 3 aliphatic carbocycles. The van der Waals surface area contributed by atoms with E-state index in [0.717, 1.165) is 18.5 Å². The second-order valence-electron chi connectivity index (χ2n) is 12.6. The molecule has 6 N–H and O–H groups in total. The number of Topliss-reactive ketones (excluding diaryl/α,β-unsaturated/α-hetero) is 2. The molecule has 41 heavy (non-hydrogen) atoms. The van der Waals surface area contributed by atoms with Crippen LogP contribution in [0.3, 0.4) is 0 Å². The fourth-order valence-electron chi connectivity index (χ4n) is 7.62. The number of phenolic OH excluding ortho intramolecular Hbond substituents is 1. The molecule has 0 aromatic heterocycles. The van der Waals surface area contributed by atoms with Gasteiger partial charge in [-0.15, -0.1) is 0 Å². The molecule has 1 amide bonds. The van der Waals surface area contributed by atoms with E-state index in [2.05, 4.69) is 18.7 Å². The van der Waals surface area contributed by atoms with E-state index in [9.17, 15) is 34.8 Å². The highest BCUT2D eigenvalue weighted by Crippen LogP contribution is 2.54. The minimum absolute atomic E-state index is 0.0595. The van der Waals surface area contributed by atoms with Crippen molar-refractivity contribution in [1.82, 2.24) is 9.80 Å². The maximum absolute atomic E-state index is 14.1. The van der Waals surface area contributed by atoms with E-state index in [1.807, 2.05) is 25.1 Å². The van der Waals surface area contributed by atoms with Gasteiger partial charge in [-0.3, -0.25) is 24.2 Å². The molecule has 11 nitrogen and oxygen atoms in total. The topological polar surface area (TPSA) is 168 Å². The number of anilines is 1. The molecule has 0 radical (unpaired) electrons. The number of hydrogen-bond acceptors (Lipinski definition) is 10. The summed E-state index contributed by atoms with van der Waals surface area (Å²) in [6, 6.07) is 1.45. The smallest absolute Gasteiger partial charge is 0.255 e. The number of hydrogen-bond donors (Lipinski definition) is 5. The summed E-state index contributed by atoms with van der Waals surface area (Å²) < 4.78 is 0. The molecule has 5 rings (SSSR count). The van der Waals surface area contributed by atoms with Gasteiger partial charge in [0, 0.05) is 55.5 Å². The third-order valence-electron chi connectivity index (χ3n) is 9.75. The lowest BCUT2D eigenvalue weighted by molar-refractivity contribution is -0.153. The Morgan fingerprint density at radius 3 is 2.24 bits per heavy atom. The number of carbonyl (C=O) groups is 3. The van der Waals surface area contributed by atoms with Crippen LogP contribution in [-0.4, -0.2) is 99.6 Å². The zero-order valence-corrected chi connectivity index (χ0v) is 24.4. The Balaban J connectivity index is 1.70. The second kappa shape index (κ2) is 9.85. The summed E-state index contributed by atoms with van der Waals surface area (Å²) >= 11 is 0. The molecular weight excluding hydrogens is 528 g/mol. The Morgan fingerprint density at radius 2 is 1.71 bits per heavy atom. The van der Waals surface area contributed by atoms with E-state index in [4.69, 9.17) is 5.73 Å². The first kappa shape index (κ1) is 29.1. The average molecular weight is 569 g/mol. The lowest BCUT2D eigenvalue weighted by Gasteiger charge is -2.50. The fourth-order valence-corrected chi connectivity index (χ4v) is 7.62. The largest absolute Gasteiger partial charge is 0.508 e. The number of nitrogens with two attached hydrogens (primary N) is 1. The maximum atomic E-state index is 14.1. The van der Waals surface area contributed by atoms with Crippen LogP contribution in [0.25, 0.3) is 5.76 Å². The summed E-state index contributed by atoms with van der Waals surface area (Å²) in [7, 11) is 6.90. The van der Waals surface area contributed by atoms with Crippen molar-refractivity contribution in [3.05, 3.63) is 39.7 Å². The number of ketones is 2. The van der Waals surface area contributed by atoms with Crippen LogP contribution >= 0.6 is 0 Å². The number of likely N-dealkylation sites (N-methyl/N-ethyl adjacent to an activating group) is 1. The number of likely N-dealkylation sites (tertiary alicyclic amines) is 1. The summed E-state index contributed by atoms with van der Waals surface area (Å²) in [6.07, 6.45) is 2.40. The zero-order chi connectivity index (χ0) is 30.3. The van der Waals surface area contributed by atoms with E-state index in [0.29, 0.717) is 29.8 Å². The minimum atomic E-state index is -2.65. The van der Waals surface area contributed by atoms with Crippen LogP contribution in [-0.2, 0) is 27.3 Å². The van der Waals surface area contributed by atoms with Crippen LogP contribution in [0.4, 0.5) is 5.69 Å². The van der Waals surface area contributed by atoms with Crippen LogP contribution in [0.1, 0.15) is 49.8 Å². The molecule has 1 heterocycles. The number of nitrogens with zero attached hydrogens (tertiary/aromatic N) is 3. The molecule has 1 aromatic carbocycles. The number of fused-ring (bicyclic) bond motifs is 3. The number of phenols is 1. The summed E-state index contributed by atoms with van der Waals surface area (Å²) in [4.78, 5) is 45.3. The Morgan fingerprint density at radius 1 is 1.10 bits per heavy atom. The van der Waals surface area contributed by atoms with E-state index >= 15 is 0 Å². The zero-order valence-electron chi connectivity index (χ0n) is 24.4. The average Bonchev–Trinajstić information content (AvgIpc) is 3.19. The normalized spacial score (nSPS) is 31.9. The van der Waals surface area contributed by atoms with Crippen LogP contribution in [0.5, 0.6) is 5.75 Å². The van der Waals surface area contributed by atoms with Gasteiger partial charge in [-0.1, -0.05) is 0 Å². The van der Waals surface area contributed by atoms with E-state index in [1.165, 1.54) is 4.90 Å². The Hall–Kier alpha value is -3.41. The van der Waals surface area contributed by atoms with Crippen molar-refractivity contribution < 1.29 is 34.8 Å². The van der Waals surface area contributed by atoms with Crippen molar-refractivity contribution in [3.63, 3.8) is 0 Å². The number of primary amides is 1. The number of carbonyl (C=O) groups excluding carboxylic acids is 3. The molecule has 0 bridgehead atoms. The van der Waals surface area contributed by atoms with Crippen molar-refractivity contribution in [2.45, 2.75) is 69.8 Å². The molecular formula is C30H40N4O7. The van der Waals surface area contributed by atoms with Gasteiger partial charge in [-0.25, -0.2) is 0 Å². The Labute approximate surface area is 239 Å². The van der Waals surface area contributed by atoms with Gasteiger partial charge in [-0.05, 0) is 71.2 Å². The predicted molar refractivity (Wildman–Crippen MR) is 152 cm³/mol. The molecule has 1 saturated carbocycles. The van der Waals surface area contributed by atoms with Crippen molar-refractivity contribution in [2.24, 2.45) is 17.6 Å². The maximum Gasteiger partial charge on any atom is 0.255 e. The fraction of sp³-hybridized carbons (Fsp3) is 0.567. The first-order valence-corrected chi connectivity index (χ1v) is 14.1. The molecule has 11 heteroatoms. The van der Waals surface area contributed by atoms with Crippen LogP contribution < -0.4 is 10.6 Å². The number of benzene rings is 1. The van der Waals surface area contributed by atoms with Crippen molar-refractivity contribution in [2.75, 3.05) is 33.1 Å². The number of amides is 1. The van der Waals surface area contributed by atoms with Gasteiger partial charge in [-0.2, -0.15) is 0 Å². The summed E-state index contributed by atoms with van der Waals surface area (Å²) in [6.45, 7) is 4.74. The third-order valence-corrected chi connectivity index (χ3v) is 9.75. The van der Waals surface area contributed by atoms with Crippen molar-refractivity contribution in [3.8, 4) is 5.75 Å². The first-order valence-electron chi connectivity index (χ1n) is 14.1. The van der Waals surface area contributed by atoms with Crippen molar-refractivity contribution in [1.29, 1.82) is 0 Å². The standard InChI is InChI=1S/C30H40N4O7/c1-13-7-8-14(2)34(13)12-16-11-19(32(3)4)17-9-15-10-18-23(33(5)6)26(37)22(29(31)40)28(39)30(18,41)27(38)20(15)25(36)21(17)24(16)35/h11,13-15,18,23,35-36,39,41H,7-10,12H2,1-6H3,(H2,31,40)/t13?,14?,15-,18-,23?,30-/m0/s1. The van der Waals surface area contributed by atoms with E-state index in [1.54, 1.807) is 14.1 Å². The number of aliphatic hydroxyl groups excluding tert-OH is 2. The lowest BCUT2D eigenvalue weighted by Crippen LogP contribution is -2.65.